The van der Waals surface area contributed by atoms with Gasteiger partial charge in [0.05, 0.1) is 18.9 Å². The summed E-state index contributed by atoms with van der Waals surface area (Å²) in [7, 11) is 2.12. The summed E-state index contributed by atoms with van der Waals surface area (Å²) in [4.78, 5) is 31.7. The molecule has 1 aliphatic rings. The molecule has 1 saturated heterocycles. The van der Waals surface area contributed by atoms with E-state index in [0.717, 1.165) is 43.1 Å². The van der Waals surface area contributed by atoms with E-state index in [4.69, 9.17) is 9.97 Å². The van der Waals surface area contributed by atoms with Crippen molar-refractivity contribution in [3.05, 3.63) is 64.2 Å². The normalized spacial score (nSPS) is 14.8. The van der Waals surface area contributed by atoms with Crippen molar-refractivity contribution in [2.45, 2.75) is 39.3 Å². The van der Waals surface area contributed by atoms with Gasteiger partial charge in [0.25, 0.3) is 5.56 Å². The first-order valence-electron chi connectivity index (χ1n) is 13.3. The van der Waals surface area contributed by atoms with Crippen molar-refractivity contribution in [2.75, 3.05) is 50.1 Å². The first kappa shape index (κ1) is 26.8. The fraction of sp³-hybridized carbons (Fsp3) is 0.429. The average Bonchev–Trinajstić information content (AvgIpc) is 3.24. The van der Waals surface area contributed by atoms with Crippen LogP contribution in [0.1, 0.15) is 32.0 Å². The lowest BCUT2D eigenvalue weighted by atomic mass is 9.90. The zero-order chi connectivity index (χ0) is 27.7. The molecule has 4 heterocycles. The summed E-state index contributed by atoms with van der Waals surface area (Å²) >= 11 is 0. The van der Waals surface area contributed by atoms with Crippen LogP contribution >= 0.6 is 0 Å². The number of piperazine rings is 1. The van der Waals surface area contributed by atoms with Crippen molar-refractivity contribution >= 4 is 28.4 Å². The van der Waals surface area contributed by atoms with Gasteiger partial charge in [-0.05, 0) is 44.3 Å². The van der Waals surface area contributed by atoms with E-state index in [0.29, 0.717) is 35.0 Å². The first-order valence-corrected chi connectivity index (χ1v) is 13.3. The van der Waals surface area contributed by atoms with Crippen molar-refractivity contribution in [1.29, 1.82) is 0 Å². The quantitative estimate of drug-likeness (QED) is 0.313. The van der Waals surface area contributed by atoms with Gasteiger partial charge in [0, 0.05) is 61.3 Å². The molecule has 39 heavy (non-hydrogen) atoms. The SMILES string of the molecule is CCn1c(=O)c2cnc(Nc3ccc(N4CCN(C)CC4)c(CO)c3)nc2n1-c1cccc(C(C)(C)CO)n1. The Kier molecular flexibility index (Phi) is 7.39. The second-order valence-corrected chi connectivity index (χ2v) is 10.6. The number of likely N-dealkylation sites (N-methyl/N-ethyl adjacent to an activating group) is 1. The van der Waals surface area contributed by atoms with Gasteiger partial charge in [0.1, 0.15) is 5.39 Å². The van der Waals surface area contributed by atoms with E-state index in [1.54, 1.807) is 9.36 Å². The Morgan fingerprint density at radius 2 is 1.82 bits per heavy atom. The number of pyridine rings is 1. The van der Waals surface area contributed by atoms with Crippen molar-refractivity contribution in [1.82, 2.24) is 29.2 Å². The number of anilines is 3. The van der Waals surface area contributed by atoms with Crippen molar-refractivity contribution in [2.24, 2.45) is 0 Å². The van der Waals surface area contributed by atoms with Gasteiger partial charge in [0.2, 0.25) is 5.95 Å². The van der Waals surface area contributed by atoms with Gasteiger partial charge >= 0.3 is 0 Å². The number of nitrogens with one attached hydrogen (secondary N) is 1. The van der Waals surface area contributed by atoms with Crippen molar-refractivity contribution in [3.8, 4) is 5.82 Å². The molecule has 5 rings (SSSR count). The predicted octanol–water partition coefficient (Wildman–Crippen LogP) is 2.25. The molecule has 3 aromatic heterocycles. The van der Waals surface area contributed by atoms with Crippen LogP contribution in [-0.4, -0.2) is 79.3 Å². The highest BCUT2D eigenvalue weighted by Crippen LogP contribution is 2.27. The molecule has 11 heteroatoms. The van der Waals surface area contributed by atoms with Gasteiger partial charge in [-0.25, -0.2) is 19.3 Å². The third-order valence-corrected chi connectivity index (χ3v) is 7.37. The molecule has 0 saturated carbocycles. The molecule has 0 spiro atoms. The topological polar surface area (TPSA) is 125 Å². The van der Waals surface area contributed by atoms with E-state index in [2.05, 4.69) is 27.1 Å². The molecule has 1 aliphatic heterocycles. The van der Waals surface area contributed by atoms with Crippen LogP contribution in [-0.2, 0) is 18.6 Å². The number of nitrogens with zero attached hydrogens (tertiary/aromatic N) is 7. The monoisotopic (exact) mass is 532 g/mol. The second kappa shape index (κ2) is 10.8. The summed E-state index contributed by atoms with van der Waals surface area (Å²) in [6.45, 7) is 9.78. The summed E-state index contributed by atoms with van der Waals surface area (Å²) in [6, 6.07) is 11.4. The Labute approximate surface area is 227 Å². The zero-order valence-corrected chi connectivity index (χ0v) is 22.9. The summed E-state index contributed by atoms with van der Waals surface area (Å²) in [6.07, 6.45) is 1.53. The summed E-state index contributed by atoms with van der Waals surface area (Å²) in [5.74, 6) is 0.860. The van der Waals surface area contributed by atoms with E-state index >= 15 is 0 Å². The van der Waals surface area contributed by atoms with Crippen molar-refractivity contribution < 1.29 is 10.2 Å². The van der Waals surface area contributed by atoms with Crippen LogP contribution in [0.25, 0.3) is 16.9 Å². The fourth-order valence-corrected chi connectivity index (χ4v) is 4.88. The van der Waals surface area contributed by atoms with Gasteiger partial charge in [-0.3, -0.25) is 4.79 Å². The number of aliphatic hydroxyl groups is 2. The van der Waals surface area contributed by atoms with E-state index in [9.17, 15) is 15.0 Å². The smallest absolute Gasteiger partial charge is 0.278 e. The molecule has 206 valence electrons. The number of aromatic nitrogens is 5. The van der Waals surface area contributed by atoms with E-state index in [-0.39, 0.29) is 18.8 Å². The van der Waals surface area contributed by atoms with Crippen LogP contribution in [0, 0.1) is 0 Å². The first-order chi connectivity index (χ1) is 18.7. The highest BCUT2D eigenvalue weighted by atomic mass is 16.3. The lowest BCUT2D eigenvalue weighted by molar-refractivity contribution is 0.215. The largest absolute Gasteiger partial charge is 0.395 e. The Bertz CT molecular complexity index is 1540. The fourth-order valence-electron chi connectivity index (χ4n) is 4.88. The van der Waals surface area contributed by atoms with Gasteiger partial charge in [-0.15, -0.1) is 0 Å². The summed E-state index contributed by atoms with van der Waals surface area (Å²) < 4.78 is 3.28. The van der Waals surface area contributed by atoms with Gasteiger partial charge in [0.15, 0.2) is 11.5 Å². The molecule has 1 aromatic carbocycles. The molecule has 0 radical (unpaired) electrons. The second-order valence-electron chi connectivity index (χ2n) is 10.6. The van der Waals surface area contributed by atoms with Crippen LogP contribution in [0.2, 0.25) is 0 Å². The number of hydrogen-bond acceptors (Lipinski definition) is 9. The lowest BCUT2D eigenvalue weighted by Crippen LogP contribution is -2.44. The number of hydrogen-bond donors (Lipinski definition) is 3. The van der Waals surface area contributed by atoms with Gasteiger partial charge in [-0.2, -0.15) is 4.98 Å². The predicted molar refractivity (Wildman–Crippen MR) is 152 cm³/mol. The Morgan fingerprint density at radius 3 is 2.51 bits per heavy atom. The average molecular weight is 533 g/mol. The highest BCUT2D eigenvalue weighted by Gasteiger charge is 2.24. The minimum atomic E-state index is -0.543. The maximum atomic E-state index is 13.2. The molecule has 0 atom stereocenters. The van der Waals surface area contributed by atoms with Crippen LogP contribution in [0.3, 0.4) is 0 Å². The summed E-state index contributed by atoms with van der Waals surface area (Å²) in [5, 5.41) is 23.6. The number of benzene rings is 1. The molecule has 0 unspecified atom stereocenters. The van der Waals surface area contributed by atoms with Gasteiger partial charge < -0.3 is 25.3 Å². The van der Waals surface area contributed by atoms with Crippen LogP contribution in [0.15, 0.2) is 47.4 Å². The zero-order valence-electron chi connectivity index (χ0n) is 22.9. The van der Waals surface area contributed by atoms with Crippen LogP contribution in [0.5, 0.6) is 0 Å². The maximum absolute atomic E-state index is 13.2. The molecule has 4 aromatic rings. The van der Waals surface area contributed by atoms with E-state index in [1.165, 1.54) is 6.20 Å². The number of rotatable bonds is 8. The van der Waals surface area contributed by atoms with E-state index < -0.39 is 5.41 Å². The Balaban J connectivity index is 1.52. The molecule has 1 fully saturated rings. The molecular formula is C28H36N8O3. The molecule has 0 aliphatic carbocycles. The van der Waals surface area contributed by atoms with Crippen LogP contribution in [0.4, 0.5) is 17.3 Å². The highest BCUT2D eigenvalue weighted by molar-refractivity contribution is 5.77. The molecule has 3 N–H and O–H groups in total. The van der Waals surface area contributed by atoms with Crippen molar-refractivity contribution in [3.63, 3.8) is 0 Å². The number of aliphatic hydroxyl groups excluding tert-OH is 2. The molecule has 0 bridgehead atoms. The maximum Gasteiger partial charge on any atom is 0.278 e. The summed E-state index contributed by atoms with van der Waals surface area (Å²) in [5.41, 5.74) is 2.99. The van der Waals surface area contributed by atoms with Gasteiger partial charge in [-0.1, -0.05) is 19.9 Å². The molecule has 0 amide bonds. The number of fused-ring (bicyclic) bond motifs is 1. The Hall–Kier alpha value is -3.80. The molecular weight excluding hydrogens is 496 g/mol. The van der Waals surface area contributed by atoms with E-state index in [1.807, 2.05) is 57.2 Å². The third kappa shape index (κ3) is 5.12. The minimum absolute atomic E-state index is 0.0594. The molecule has 11 nitrogen and oxygen atoms in total. The van der Waals surface area contributed by atoms with Crippen LogP contribution < -0.4 is 15.8 Å². The Morgan fingerprint density at radius 1 is 1.05 bits per heavy atom. The minimum Gasteiger partial charge on any atom is -0.395 e. The lowest BCUT2D eigenvalue weighted by Gasteiger charge is -2.35. The standard InChI is InChI=1S/C28H36N8O3/c1-5-35-26(39)21-16-29-27(32-25(21)36(35)24-8-6-7-23(31-24)28(2,3)18-38)30-20-9-10-22(19(15-20)17-37)34-13-11-33(4)12-14-34/h6-10,15-16,37-38H,5,11-14,17-18H2,1-4H3,(H,29,30,32). The third-order valence-electron chi connectivity index (χ3n) is 7.37.